The fourth-order valence-electron chi connectivity index (χ4n) is 6.15. The van der Waals surface area contributed by atoms with Gasteiger partial charge in [0.2, 0.25) is 0 Å². The zero-order chi connectivity index (χ0) is 22.6. The molecule has 5 rings (SSSR count). The predicted molar refractivity (Wildman–Crippen MR) is 132 cm³/mol. The lowest BCUT2D eigenvalue weighted by Gasteiger charge is -2.57. The van der Waals surface area contributed by atoms with Gasteiger partial charge in [0.05, 0.1) is 13.7 Å². The van der Waals surface area contributed by atoms with Crippen molar-refractivity contribution in [3.63, 3.8) is 0 Å². The Balaban J connectivity index is 1.31. The monoisotopic (exact) mass is 450 g/mol. The van der Waals surface area contributed by atoms with Crippen molar-refractivity contribution in [3.8, 4) is 16.9 Å². The van der Waals surface area contributed by atoms with Crippen LogP contribution in [0.3, 0.4) is 0 Å². The van der Waals surface area contributed by atoms with E-state index < -0.39 is 0 Å². The largest absolute Gasteiger partial charge is 0.497 e. The van der Waals surface area contributed by atoms with Gasteiger partial charge in [-0.3, -0.25) is 4.90 Å². The number of aliphatic hydroxyl groups excluding tert-OH is 1. The molecule has 0 saturated carbocycles. The fourth-order valence-corrected chi connectivity index (χ4v) is 6.15. The second-order valence-electron chi connectivity index (χ2n) is 9.95. The van der Waals surface area contributed by atoms with E-state index in [1.165, 1.54) is 55.5 Å². The second-order valence-corrected chi connectivity index (χ2v) is 9.95. The van der Waals surface area contributed by atoms with Crippen LogP contribution in [0, 0.1) is 5.92 Å². The highest BCUT2D eigenvalue weighted by Crippen LogP contribution is 2.42. The number of aliphatic hydroxyl groups is 1. The molecule has 3 heterocycles. The molecule has 2 aromatic carbocycles. The molecule has 0 spiro atoms. The van der Waals surface area contributed by atoms with E-state index in [0.29, 0.717) is 12.0 Å². The van der Waals surface area contributed by atoms with Gasteiger partial charge in [-0.15, -0.1) is 0 Å². The summed E-state index contributed by atoms with van der Waals surface area (Å²) in [5.74, 6) is 2.04. The highest BCUT2D eigenvalue weighted by atomic mass is 16.5. The number of fused-ring (bicyclic) bond motifs is 1. The molecule has 3 fully saturated rings. The summed E-state index contributed by atoms with van der Waals surface area (Å²) in [4.78, 5) is 5.29. The Hall–Kier alpha value is -1.92. The SMILES string of the molecule is COc1ccc(-c2ccc([C@H]3[C@H](CO)N4CCCCN(CC5CCOCC5)C[C@@H]34)cc2)cc1. The second kappa shape index (κ2) is 10.6. The van der Waals surface area contributed by atoms with Crippen molar-refractivity contribution in [1.29, 1.82) is 0 Å². The number of hydrogen-bond donors (Lipinski definition) is 1. The number of methoxy groups -OCH3 is 1. The lowest BCUT2D eigenvalue weighted by atomic mass is 9.74. The lowest BCUT2D eigenvalue weighted by molar-refractivity contribution is -0.0677. The van der Waals surface area contributed by atoms with E-state index in [9.17, 15) is 5.11 Å². The van der Waals surface area contributed by atoms with Crippen molar-refractivity contribution < 1.29 is 14.6 Å². The minimum Gasteiger partial charge on any atom is -0.497 e. The first-order valence-electron chi connectivity index (χ1n) is 12.7. The van der Waals surface area contributed by atoms with Gasteiger partial charge in [-0.25, -0.2) is 0 Å². The molecule has 5 heteroatoms. The van der Waals surface area contributed by atoms with E-state index in [-0.39, 0.29) is 12.6 Å². The fraction of sp³-hybridized carbons (Fsp3) is 0.571. The Labute approximate surface area is 198 Å². The highest BCUT2D eigenvalue weighted by Gasteiger charge is 2.49. The van der Waals surface area contributed by atoms with Crippen LogP contribution >= 0.6 is 0 Å². The van der Waals surface area contributed by atoms with Crippen molar-refractivity contribution in [3.05, 3.63) is 54.1 Å². The molecule has 3 aliphatic heterocycles. The summed E-state index contributed by atoms with van der Waals surface area (Å²) in [5.41, 5.74) is 3.78. The van der Waals surface area contributed by atoms with Crippen LogP contribution in [0.1, 0.15) is 37.2 Å². The molecule has 0 amide bonds. The van der Waals surface area contributed by atoms with Crippen molar-refractivity contribution in [2.24, 2.45) is 5.92 Å². The average molecular weight is 451 g/mol. The summed E-state index contributed by atoms with van der Waals surface area (Å²) in [6, 6.07) is 18.0. The summed E-state index contributed by atoms with van der Waals surface area (Å²) < 4.78 is 10.9. The number of nitrogens with zero attached hydrogens (tertiary/aromatic N) is 2. The maximum absolute atomic E-state index is 10.2. The van der Waals surface area contributed by atoms with Crippen molar-refractivity contribution in [2.45, 2.75) is 43.7 Å². The Kier molecular flexibility index (Phi) is 7.31. The normalized spacial score (nSPS) is 27.3. The summed E-state index contributed by atoms with van der Waals surface area (Å²) in [6.45, 7) is 6.70. The van der Waals surface area contributed by atoms with Crippen LogP contribution in [-0.4, -0.2) is 80.1 Å². The van der Waals surface area contributed by atoms with Gasteiger partial charge in [0.25, 0.3) is 0 Å². The van der Waals surface area contributed by atoms with Gasteiger partial charge in [-0.05, 0) is 73.5 Å². The van der Waals surface area contributed by atoms with Crippen LogP contribution in [0.2, 0.25) is 0 Å². The molecule has 2 aromatic rings. The summed E-state index contributed by atoms with van der Waals surface area (Å²) in [5, 5.41) is 10.2. The van der Waals surface area contributed by atoms with E-state index >= 15 is 0 Å². The van der Waals surface area contributed by atoms with Crippen LogP contribution in [-0.2, 0) is 4.74 Å². The third-order valence-electron chi connectivity index (χ3n) is 8.03. The van der Waals surface area contributed by atoms with Crippen molar-refractivity contribution in [1.82, 2.24) is 9.80 Å². The lowest BCUT2D eigenvalue weighted by Crippen LogP contribution is -2.67. The van der Waals surface area contributed by atoms with Gasteiger partial charge in [0.1, 0.15) is 5.75 Å². The van der Waals surface area contributed by atoms with Crippen molar-refractivity contribution >= 4 is 0 Å². The molecule has 178 valence electrons. The molecule has 33 heavy (non-hydrogen) atoms. The minimum absolute atomic E-state index is 0.237. The van der Waals surface area contributed by atoms with Gasteiger partial charge < -0.3 is 19.5 Å². The molecule has 3 atom stereocenters. The molecule has 1 N–H and O–H groups in total. The van der Waals surface area contributed by atoms with Crippen LogP contribution < -0.4 is 4.74 Å². The number of rotatable bonds is 6. The molecule has 0 aromatic heterocycles. The molecule has 5 nitrogen and oxygen atoms in total. The molecule has 0 unspecified atom stereocenters. The van der Waals surface area contributed by atoms with E-state index in [0.717, 1.165) is 38.0 Å². The maximum Gasteiger partial charge on any atom is 0.118 e. The average Bonchev–Trinajstić information content (AvgIpc) is 2.85. The Morgan fingerprint density at radius 2 is 1.61 bits per heavy atom. The van der Waals surface area contributed by atoms with E-state index in [1.54, 1.807) is 7.11 Å². The quantitative estimate of drug-likeness (QED) is 0.720. The topological polar surface area (TPSA) is 45.2 Å². The van der Waals surface area contributed by atoms with Crippen LogP contribution in [0.5, 0.6) is 5.75 Å². The maximum atomic E-state index is 10.2. The van der Waals surface area contributed by atoms with Gasteiger partial charge in [-0.1, -0.05) is 36.4 Å². The Morgan fingerprint density at radius 1 is 0.939 bits per heavy atom. The Morgan fingerprint density at radius 3 is 2.27 bits per heavy atom. The van der Waals surface area contributed by atoms with E-state index in [1.807, 2.05) is 12.1 Å². The molecule has 3 aliphatic rings. The smallest absolute Gasteiger partial charge is 0.118 e. The summed E-state index contributed by atoms with van der Waals surface area (Å²) >= 11 is 0. The number of benzene rings is 2. The number of hydrogen-bond acceptors (Lipinski definition) is 5. The van der Waals surface area contributed by atoms with Crippen LogP contribution in [0.4, 0.5) is 0 Å². The molecular weight excluding hydrogens is 412 g/mol. The summed E-state index contributed by atoms with van der Waals surface area (Å²) in [7, 11) is 1.70. The van der Waals surface area contributed by atoms with Gasteiger partial charge in [0, 0.05) is 44.3 Å². The number of ether oxygens (including phenoxy) is 2. The van der Waals surface area contributed by atoms with Gasteiger partial charge in [0.15, 0.2) is 0 Å². The summed E-state index contributed by atoms with van der Waals surface area (Å²) in [6.07, 6.45) is 4.87. The molecule has 0 aliphatic carbocycles. The van der Waals surface area contributed by atoms with Crippen LogP contribution in [0.25, 0.3) is 11.1 Å². The minimum atomic E-state index is 0.237. The molecule has 3 saturated heterocycles. The van der Waals surface area contributed by atoms with E-state index in [2.05, 4.69) is 46.2 Å². The first-order valence-corrected chi connectivity index (χ1v) is 12.7. The van der Waals surface area contributed by atoms with E-state index in [4.69, 9.17) is 9.47 Å². The van der Waals surface area contributed by atoms with Crippen LogP contribution in [0.15, 0.2) is 48.5 Å². The molecule has 0 radical (unpaired) electrons. The molecular formula is C28H38N2O3. The Bertz CT molecular complexity index is 879. The predicted octanol–water partition coefficient (Wildman–Crippen LogP) is 4.01. The van der Waals surface area contributed by atoms with Gasteiger partial charge >= 0.3 is 0 Å². The zero-order valence-corrected chi connectivity index (χ0v) is 19.9. The highest BCUT2D eigenvalue weighted by molar-refractivity contribution is 5.64. The third-order valence-corrected chi connectivity index (χ3v) is 8.03. The zero-order valence-electron chi connectivity index (χ0n) is 19.9. The third kappa shape index (κ3) is 4.97. The standard InChI is InChI=1S/C28H38N2O3/c1-32-25-10-8-23(9-11-25)22-4-6-24(7-5-22)28-26-19-29(18-21-12-16-33-17-13-21)14-2-3-15-30(26)27(28)20-31/h4-11,21,26-28,31H,2-3,12-20H2,1H3/t26-,27-,28+/m0/s1. The first kappa shape index (κ1) is 22.9. The first-order chi connectivity index (χ1) is 16.3. The van der Waals surface area contributed by atoms with Gasteiger partial charge in [-0.2, -0.15) is 0 Å². The van der Waals surface area contributed by atoms with Crippen molar-refractivity contribution in [2.75, 3.05) is 53.1 Å². The molecule has 0 bridgehead atoms.